The average Bonchev–Trinajstić information content (AvgIpc) is 1.64. The second-order valence-electron chi connectivity index (χ2n) is 3.70. The number of halogens is 1. The van der Waals surface area contributed by atoms with Gasteiger partial charge in [-0.15, -0.1) is 0 Å². The first-order valence-electron chi connectivity index (χ1n) is 3.29. The van der Waals surface area contributed by atoms with E-state index >= 15 is 0 Å². The summed E-state index contributed by atoms with van der Waals surface area (Å²) in [4.78, 5) is 0. The van der Waals surface area contributed by atoms with E-state index in [9.17, 15) is 0 Å². The third kappa shape index (κ3) is 2.40. The van der Waals surface area contributed by atoms with Gasteiger partial charge in [-0.2, -0.15) is 17.1 Å². The molecular formula is C7H16ClRfSi-. The third-order valence-corrected chi connectivity index (χ3v) is 8.37. The Morgan fingerprint density at radius 3 is 1.70 bits per heavy atom. The van der Waals surface area contributed by atoms with Crippen molar-refractivity contribution >= 4 is 18.5 Å². The van der Waals surface area contributed by atoms with Crippen LogP contribution in [0, 0.1) is 6.92 Å². The van der Waals surface area contributed by atoms with Crippen LogP contribution in [0.2, 0.25) is 17.6 Å². The van der Waals surface area contributed by atoms with Gasteiger partial charge >= 0.3 is 0 Å². The summed E-state index contributed by atoms with van der Waals surface area (Å²) in [6.07, 6.45) is 0. The van der Waals surface area contributed by atoms with E-state index in [2.05, 4.69) is 34.2 Å². The molecule has 0 radical (unpaired) electrons. The Hall–Kier alpha value is -0.493. The van der Waals surface area contributed by atoms with E-state index in [-0.39, 0.29) is 5.04 Å². The Bertz CT molecular complexity index is 96.3. The second-order valence-corrected chi connectivity index (χ2v) is 10.6. The largest absolute Gasteiger partial charge is 0.345 e. The molecule has 0 saturated carbocycles. The van der Waals surface area contributed by atoms with Gasteiger partial charge < -0.3 is 6.92 Å². The number of hydrogen-bond donors (Lipinski definition) is 0. The zero-order valence-corrected chi connectivity index (χ0v) is 15.7. The molecule has 1 atom stereocenters. The van der Waals surface area contributed by atoms with Gasteiger partial charge in [-0.1, -0.05) is 27.3 Å². The summed E-state index contributed by atoms with van der Waals surface area (Å²) < 4.78 is 0. The van der Waals surface area contributed by atoms with Crippen molar-refractivity contribution in [3.63, 3.8) is 0 Å². The zero-order valence-electron chi connectivity index (χ0n) is 7.50. The van der Waals surface area contributed by atoms with Crippen LogP contribution in [0.5, 0.6) is 0 Å². The molecule has 1 unspecified atom stereocenters. The summed E-state index contributed by atoms with van der Waals surface area (Å²) in [6, 6.07) is 0.915. The van der Waals surface area contributed by atoms with E-state index in [1.807, 2.05) is 0 Å². The van der Waals surface area contributed by atoms with Crippen molar-refractivity contribution in [2.24, 2.45) is 0 Å². The summed E-state index contributed by atoms with van der Waals surface area (Å²) in [6.45, 7) is 12.6. The van der Waals surface area contributed by atoms with Crippen LogP contribution in [-0.4, -0.2) is 7.38 Å². The van der Waals surface area contributed by atoms with Crippen LogP contribution < -0.4 is 0 Å². The molecule has 58 valence electrons. The fourth-order valence-corrected chi connectivity index (χ4v) is 1.12. The molecular weight excluding hydrogens is 415 g/mol. The summed E-state index contributed by atoms with van der Waals surface area (Å²) in [7, 11) is -1.52. The molecule has 3 heteroatoms. The molecule has 0 spiro atoms. The summed E-state index contributed by atoms with van der Waals surface area (Å²) in [5.74, 6) is 0. The molecule has 0 aliphatic carbocycles. The van der Waals surface area contributed by atoms with Crippen molar-refractivity contribution < 1.29 is 0 Å². The van der Waals surface area contributed by atoms with Crippen LogP contribution in [0.1, 0.15) is 20.8 Å². The van der Waals surface area contributed by atoms with Gasteiger partial charge in [0.25, 0.3) is 0 Å². The van der Waals surface area contributed by atoms with Crippen LogP contribution >= 0.6 is 11.1 Å². The molecule has 0 saturated heterocycles. The van der Waals surface area contributed by atoms with Crippen LogP contribution in [0.3, 0.4) is 0 Å². The minimum Gasteiger partial charge on any atom is -0.345 e. The van der Waals surface area contributed by atoms with Gasteiger partial charge in [0.15, 0.2) is 0 Å². The molecule has 0 fully saturated rings. The predicted molar refractivity (Wildman–Crippen MR) is 47.4 cm³/mol. The minimum atomic E-state index is -1.52. The van der Waals surface area contributed by atoms with Crippen molar-refractivity contribution in [2.75, 3.05) is 0 Å². The molecule has 0 aliphatic rings. The van der Waals surface area contributed by atoms with Crippen LogP contribution in [0.25, 0.3) is 0 Å². The molecule has 0 nitrogen and oxygen atoms in total. The summed E-state index contributed by atoms with van der Waals surface area (Å²) in [5.41, 5.74) is 0. The van der Waals surface area contributed by atoms with E-state index in [0.717, 1.165) is 6.04 Å². The first kappa shape index (κ1) is 12.2. The second kappa shape index (κ2) is 3.06. The molecule has 0 aromatic carbocycles. The van der Waals surface area contributed by atoms with Crippen molar-refractivity contribution in [3.05, 3.63) is 6.92 Å². The predicted octanol–water partition coefficient (Wildman–Crippen LogP) is 3.43. The molecule has 0 N–H and O–H groups in total. The van der Waals surface area contributed by atoms with Crippen LogP contribution in [0.15, 0.2) is 0 Å². The van der Waals surface area contributed by atoms with E-state index in [1.165, 1.54) is 0 Å². The molecule has 0 amide bonds. The van der Waals surface area contributed by atoms with Crippen molar-refractivity contribution in [1.29, 1.82) is 0 Å². The number of hydrogen-bond acceptors (Lipinski definition) is 0. The maximum Gasteiger partial charge on any atom is 0.129 e. The van der Waals surface area contributed by atoms with Crippen molar-refractivity contribution in [1.82, 2.24) is 0 Å². The molecule has 0 bridgehead atoms. The average molecular weight is 431 g/mol. The fourth-order valence-electron chi connectivity index (χ4n) is 0.375. The minimum absolute atomic E-state index is 0. The molecule has 0 aliphatic heterocycles. The first-order valence-corrected chi connectivity index (χ1v) is 7.01. The van der Waals surface area contributed by atoms with Gasteiger partial charge in [0.05, 0.1) is 0 Å². The van der Waals surface area contributed by atoms with Crippen LogP contribution in [0.4, 0.5) is 0 Å². The third-order valence-electron chi connectivity index (χ3n) is 2.03. The molecule has 10 heavy (non-hydrogen) atoms. The molecule has 0 aromatic heterocycles. The van der Waals surface area contributed by atoms with E-state index in [1.54, 1.807) is 0 Å². The Morgan fingerprint density at radius 2 is 1.70 bits per heavy atom. The Morgan fingerprint density at radius 1 is 1.40 bits per heavy atom. The van der Waals surface area contributed by atoms with E-state index in [0.29, 0.717) is 0 Å². The smallest absolute Gasteiger partial charge is 0.129 e. The SMILES string of the molecule is [CH2-]C[Si](C)(Cl)C(C)(C)C.[Rf]. The standard InChI is InChI=1S/C7H16ClSi.Rf/c1-6-9(5,8)7(2,3)4;/h1,6H2,2-5H3;/q-1;. The van der Waals surface area contributed by atoms with E-state index < -0.39 is 7.38 Å². The Kier molecular flexibility index (Phi) is 3.74. The fraction of sp³-hybridized carbons (Fsp3) is 0.857. The van der Waals surface area contributed by atoms with Gasteiger partial charge in [-0.05, 0) is 5.04 Å². The number of rotatable bonds is 1. The Balaban J connectivity index is 0. The topological polar surface area (TPSA) is 0 Å². The van der Waals surface area contributed by atoms with E-state index in [4.69, 9.17) is 11.1 Å². The normalized spacial score (nSPS) is 17.4. The zero-order chi connectivity index (χ0) is 7.71. The maximum atomic E-state index is 6.27. The summed E-state index contributed by atoms with van der Waals surface area (Å²) >= 11 is 6.27. The molecule has 0 rings (SSSR count). The summed E-state index contributed by atoms with van der Waals surface area (Å²) in [5, 5.41) is 0.288. The molecule has 0 heterocycles. The van der Waals surface area contributed by atoms with Gasteiger partial charge in [0, 0.05) is 0 Å². The first-order chi connectivity index (χ1) is 3.81. The monoisotopic (exact) mass is 430 g/mol. The van der Waals surface area contributed by atoms with Gasteiger partial charge in [-0.3, -0.25) is 0 Å². The quantitative estimate of drug-likeness (QED) is 0.340. The van der Waals surface area contributed by atoms with Crippen molar-refractivity contribution in [2.45, 2.75) is 38.4 Å². The van der Waals surface area contributed by atoms with Crippen molar-refractivity contribution in [3.8, 4) is 0 Å². The molecule has 0 aromatic rings. The van der Waals surface area contributed by atoms with Gasteiger partial charge in [0.1, 0.15) is 7.38 Å². The Labute approximate surface area is 64.3 Å². The maximum absolute atomic E-state index is 6.27. The van der Waals surface area contributed by atoms with Gasteiger partial charge in [-0.25, -0.2) is 0 Å². The van der Waals surface area contributed by atoms with Crippen LogP contribution in [-0.2, 0) is 0 Å². The van der Waals surface area contributed by atoms with Gasteiger partial charge in [0.2, 0.25) is 0 Å².